The highest BCUT2D eigenvalue weighted by Gasteiger charge is 2.33. The van der Waals surface area contributed by atoms with Crippen molar-refractivity contribution in [3.05, 3.63) is 52.2 Å². The monoisotopic (exact) mass is 412 g/mol. The average Bonchev–Trinajstić information content (AvgIpc) is 3.40. The molecule has 0 bridgehead atoms. The van der Waals surface area contributed by atoms with Crippen LogP contribution in [0.4, 0.5) is 0 Å². The zero-order valence-corrected chi connectivity index (χ0v) is 17.5. The minimum Gasteiger partial charge on any atom is -0.384 e. The number of rotatable bonds is 4. The molecule has 3 heterocycles. The second kappa shape index (κ2) is 7.64. The Kier molecular flexibility index (Phi) is 5.18. The summed E-state index contributed by atoms with van der Waals surface area (Å²) in [5.41, 5.74) is 0.879. The van der Waals surface area contributed by atoms with Crippen molar-refractivity contribution >= 4 is 17.2 Å². The zero-order valence-electron chi connectivity index (χ0n) is 16.7. The number of likely N-dealkylation sites (tertiary alicyclic amines) is 1. The molecule has 1 aromatic carbocycles. The van der Waals surface area contributed by atoms with E-state index in [0.29, 0.717) is 23.5 Å². The van der Waals surface area contributed by atoms with Gasteiger partial charge in [0.15, 0.2) is 6.33 Å². The molecular weight excluding hydrogens is 388 g/mol. The Hall–Kier alpha value is -2.65. The predicted molar refractivity (Wildman–Crippen MR) is 109 cm³/mol. The fourth-order valence-electron chi connectivity index (χ4n) is 3.61. The van der Waals surface area contributed by atoms with Crippen LogP contribution in [0.25, 0.3) is 5.69 Å². The molecule has 29 heavy (non-hydrogen) atoms. The van der Waals surface area contributed by atoms with Crippen molar-refractivity contribution in [2.24, 2.45) is 0 Å². The van der Waals surface area contributed by atoms with Gasteiger partial charge in [0, 0.05) is 23.9 Å². The van der Waals surface area contributed by atoms with Crippen LogP contribution in [0, 0.1) is 0 Å². The van der Waals surface area contributed by atoms with Gasteiger partial charge in [-0.15, -0.1) is 26.3 Å². The Labute approximate surface area is 173 Å². The van der Waals surface area contributed by atoms with Crippen LogP contribution < -0.4 is 0 Å². The summed E-state index contributed by atoms with van der Waals surface area (Å²) in [4.78, 5) is 21.4. The molecule has 1 aliphatic rings. The number of para-hydroxylation sites is 1. The van der Waals surface area contributed by atoms with E-state index >= 15 is 0 Å². The highest BCUT2D eigenvalue weighted by molar-refractivity contribution is 7.09. The summed E-state index contributed by atoms with van der Waals surface area (Å²) in [6.07, 6.45) is 3.22. The molecule has 8 nitrogen and oxygen atoms in total. The van der Waals surface area contributed by atoms with Gasteiger partial charge < -0.3 is 10.0 Å². The molecule has 1 aliphatic heterocycles. The number of hydrogen-bond donors (Lipinski definition) is 1. The molecule has 4 rings (SSSR count). The van der Waals surface area contributed by atoms with Crippen LogP contribution in [-0.4, -0.2) is 53.7 Å². The topological polar surface area (TPSA) is 97.0 Å². The van der Waals surface area contributed by atoms with E-state index in [1.54, 1.807) is 31.3 Å². The minimum atomic E-state index is -0.962. The smallest absolute Gasteiger partial charge is 0.256 e. The summed E-state index contributed by atoms with van der Waals surface area (Å²) in [5.74, 6) is 0.113. The number of tetrazole rings is 1. The summed E-state index contributed by atoms with van der Waals surface area (Å²) < 4.78 is 0. The summed E-state index contributed by atoms with van der Waals surface area (Å²) >= 11 is 1.55. The van der Waals surface area contributed by atoms with Gasteiger partial charge in [-0.1, -0.05) is 12.1 Å². The Balaban J connectivity index is 1.60. The number of benzene rings is 1. The first kappa shape index (κ1) is 19.7. The molecule has 9 heteroatoms. The number of aliphatic hydroxyl groups is 1. The molecule has 0 saturated carbocycles. The number of carbonyl (C=O) groups excluding carboxylic acids is 1. The van der Waals surface area contributed by atoms with E-state index < -0.39 is 5.60 Å². The fraction of sp³-hybridized carbons (Fsp3) is 0.450. The van der Waals surface area contributed by atoms with Crippen LogP contribution in [0.5, 0.6) is 0 Å². The highest BCUT2D eigenvalue weighted by atomic mass is 32.1. The largest absolute Gasteiger partial charge is 0.384 e. The Morgan fingerprint density at radius 3 is 2.76 bits per heavy atom. The van der Waals surface area contributed by atoms with Crippen molar-refractivity contribution in [3.8, 4) is 5.69 Å². The predicted octanol–water partition coefficient (Wildman–Crippen LogP) is 2.75. The molecule has 1 N–H and O–H groups in total. The summed E-state index contributed by atoms with van der Waals surface area (Å²) in [6.45, 7) is 6.14. The molecule has 2 aromatic heterocycles. The van der Waals surface area contributed by atoms with Gasteiger partial charge in [0.05, 0.1) is 16.3 Å². The third-order valence-electron chi connectivity index (χ3n) is 5.34. The maximum absolute atomic E-state index is 13.4. The van der Waals surface area contributed by atoms with E-state index in [4.69, 9.17) is 0 Å². The first-order valence-electron chi connectivity index (χ1n) is 9.66. The number of thiazole rings is 1. The molecule has 2 atom stereocenters. The van der Waals surface area contributed by atoms with Gasteiger partial charge in [-0.3, -0.25) is 4.79 Å². The molecule has 0 radical (unpaired) electrons. The lowest BCUT2D eigenvalue weighted by Gasteiger charge is -2.37. The van der Waals surface area contributed by atoms with Crippen molar-refractivity contribution in [3.63, 3.8) is 0 Å². The third kappa shape index (κ3) is 3.92. The lowest BCUT2D eigenvalue weighted by atomic mass is 9.93. The van der Waals surface area contributed by atoms with Crippen molar-refractivity contribution < 1.29 is 9.90 Å². The Bertz CT molecular complexity index is 995. The standard InChI is InChI=1S/C20H24N6O2S/c1-13-8-9-14(18-23-17(11-29-18)20(2,3)28)10-25(13)19(27)15-6-4-5-7-16(15)26-22-12-21-24-26/h4-7,11-14,28H,8-10H2,1-3H3. The van der Waals surface area contributed by atoms with E-state index in [1.807, 2.05) is 28.5 Å². The van der Waals surface area contributed by atoms with Crippen molar-refractivity contribution in [2.75, 3.05) is 6.54 Å². The highest BCUT2D eigenvalue weighted by Crippen LogP contribution is 2.34. The van der Waals surface area contributed by atoms with E-state index in [-0.39, 0.29) is 17.9 Å². The van der Waals surface area contributed by atoms with E-state index in [1.165, 1.54) is 11.1 Å². The normalized spacial score (nSPS) is 20.1. The van der Waals surface area contributed by atoms with Crippen LogP contribution in [0.1, 0.15) is 60.6 Å². The fourth-order valence-corrected chi connectivity index (χ4v) is 4.72. The van der Waals surface area contributed by atoms with Crippen LogP contribution in [0.15, 0.2) is 36.0 Å². The van der Waals surface area contributed by atoms with Crippen molar-refractivity contribution in [1.82, 2.24) is 30.1 Å². The molecular formula is C20H24N6O2S. The van der Waals surface area contributed by atoms with Crippen LogP contribution in [-0.2, 0) is 5.60 Å². The number of amides is 1. The second-order valence-corrected chi connectivity index (χ2v) is 8.84. The summed E-state index contributed by atoms with van der Waals surface area (Å²) in [6, 6.07) is 7.44. The number of aromatic nitrogens is 5. The Morgan fingerprint density at radius 2 is 2.07 bits per heavy atom. The maximum atomic E-state index is 13.4. The van der Waals surface area contributed by atoms with Gasteiger partial charge in [-0.25, -0.2) is 4.98 Å². The second-order valence-electron chi connectivity index (χ2n) is 7.95. The van der Waals surface area contributed by atoms with E-state index in [2.05, 4.69) is 27.3 Å². The molecule has 1 amide bonds. The lowest BCUT2D eigenvalue weighted by molar-refractivity contribution is 0.0604. The molecule has 2 unspecified atom stereocenters. The maximum Gasteiger partial charge on any atom is 0.256 e. The average molecular weight is 413 g/mol. The number of nitrogens with zero attached hydrogens (tertiary/aromatic N) is 6. The first-order valence-corrected chi connectivity index (χ1v) is 10.5. The molecule has 152 valence electrons. The van der Waals surface area contributed by atoms with E-state index in [9.17, 15) is 9.90 Å². The third-order valence-corrected chi connectivity index (χ3v) is 6.35. The molecule has 1 saturated heterocycles. The van der Waals surface area contributed by atoms with E-state index in [0.717, 1.165) is 17.8 Å². The SMILES string of the molecule is CC1CCC(c2nc(C(C)(C)O)cs2)CN1C(=O)c1ccccc1-n1ncnn1. The van der Waals surface area contributed by atoms with Crippen molar-refractivity contribution in [2.45, 2.75) is 51.2 Å². The van der Waals surface area contributed by atoms with Gasteiger partial charge >= 0.3 is 0 Å². The first-order chi connectivity index (χ1) is 13.8. The van der Waals surface area contributed by atoms with Gasteiger partial charge in [0.2, 0.25) is 0 Å². The zero-order chi connectivity index (χ0) is 20.6. The number of carbonyl (C=O) groups is 1. The molecule has 0 spiro atoms. The minimum absolute atomic E-state index is 0.0469. The van der Waals surface area contributed by atoms with Gasteiger partial charge in [0.1, 0.15) is 11.3 Å². The van der Waals surface area contributed by atoms with Crippen LogP contribution in [0.3, 0.4) is 0 Å². The van der Waals surface area contributed by atoms with Crippen LogP contribution in [0.2, 0.25) is 0 Å². The quantitative estimate of drug-likeness (QED) is 0.708. The summed E-state index contributed by atoms with van der Waals surface area (Å²) in [7, 11) is 0. The lowest BCUT2D eigenvalue weighted by Crippen LogP contribution is -2.45. The van der Waals surface area contributed by atoms with Crippen LogP contribution >= 0.6 is 11.3 Å². The summed E-state index contributed by atoms with van der Waals surface area (Å²) in [5, 5.41) is 24.8. The molecule has 0 aliphatic carbocycles. The van der Waals surface area contributed by atoms with Gasteiger partial charge in [-0.05, 0) is 51.0 Å². The number of piperidine rings is 1. The number of hydrogen-bond acceptors (Lipinski definition) is 7. The van der Waals surface area contributed by atoms with Crippen molar-refractivity contribution in [1.29, 1.82) is 0 Å². The molecule has 3 aromatic rings. The van der Waals surface area contributed by atoms with Gasteiger partial charge in [0.25, 0.3) is 5.91 Å². The molecule has 1 fully saturated rings. The Morgan fingerprint density at radius 1 is 1.28 bits per heavy atom. The van der Waals surface area contributed by atoms with Gasteiger partial charge in [-0.2, -0.15) is 0 Å².